The van der Waals surface area contributed by atoms with Crippen LogP contribution in [0.1, 0.15) is 19.5 Å². The summed E-state index contributed by atoms with van der Waals surface area (Å²) in [5.74, 6) is 1.52. The molecule has 2 aromatic rings. The van der Waals surface area contributed by atoms with Crippen molar-refractivity contribution < 1.29 is 9.26 Å². The molecule has 0 spiro atoms. The number of nitrogens with zero attached hydrogens (tertiary/aromatic N) is 3. The summed E-state index contributed by atoms with van der Waals surface area (Å²) < 4.78 is 10.9. The molecule has 1 aromatic heterocycles. The van der Waals surface area contributed by atoms with E-state index in [9.17, 15) is 0 Å². The molecule has 146 valence electrons. The van der Waals surface area contributed by atoms with Crippen molar-refractivity contribution in [1.82, 2.24) is 20.7 Å². The first-order valence-corrected chi connectivity index (χ1v) is 9.37. The molecule has 0 atom stereocenters. The molecule has 7 heteroatoms. The molecular formula is C20H29N5O2. The first-order valence-electron chi connectivity index (χ1n) is 9.37. The van der Waals surface area contributed by atoms with E-state index in [0.29, 0.717) is 6.54 Å². The molecule has 1 aliphatic heterocycles. The molecule has 3 rings (SSSR count). The number of guanidine groups is 1. The maximum Gasteiger partial charge on any atom is 0.191 e. The van der Waals surface area contributed by atoms with Crippen LogP contribution in [0.2, 0.25) is 0 Å². The van der Waals surface area contributed by atoms with Crippen LogP contribution in [0.15, 0.2) is 45.9 Å². The van der Waals surface area contributed by atoms with Gasteiger partial charge in [0.1, 0.15) is 5.69 Å². The molecular weight excluding hydrogens is 342 g/mol. The number of hydrogen-bond donors (Lipinski definition) is 2. The topological polar surface area (TPSA) is 74.9 Å². The molecule has 1 saturated heterocycles. The second-order valence-electron chi connectivity index (χ2n) is 7.24. The van der Waals surface area contributed by atoms with Crippen molar-refractivity contribution in [2.75, 3.05) is 39.9 Å². The van der Waals surface area contributed by atoms with Gasteiger partial charge in [0, 0.05) is 43.9 Å². The molecule has 0 unspecified atom stereocenters. The average molecular weight is 371 g/mol. The maximum absolute atomic E-state index is 5.45. The van der Waals surface area contributed by atoms with Gasteiger partial charge in [0.15, 0.2) is 11.7 Å². The van der Waals surface area contributed by atoms with Gasteiger partial charge >= 0.3 is 0 Å². The van der Waals surface area contributed by atoms with Crippen LogP contribution in [0.25, 0.3) is 11.3 Å². The van der Waals surface area contributed by atoms with E-state index < -0.39 is 0 Å². The monoisotopic (exact) mass is 371 g/mol. The molecule has 1 fully saturated rings. The molecule has 0 saturated carbocycles. The van der Waals surface area contributed by atoms with Crippen LogP contribution in [-0.2, 0) is 11.3 Å². The minimum atomic E-state index is 0.0236. The molecule has 27 heavy (non-hydrogen) atoms. The van der Waals surface area contributed by atoms with Gasteiger partial charge in [0.25, 0.3) is 0 Å². The van der Waals surface area contributed by atoms with E-state index in [2.05, 4.69) is 39.5 Å². The highest BCUT2D eigenvalue weighted by molar-refractivity contribution is 5.79. The first kappa shape index (κ1) is 19.4. The van der Waals surface area contributed by atoms with Gasteiger partial charge in [-0.05, 0) is 13.8 Å². The standard InChI is InChI=1S/C20H29N5O2/c1-20(2,25-9-11-26-12-10-25)15-23-19(21-3)22-14-17-13-18(27-24-17)16-7-5-4-6-8-16/h4-8,13H,9-12,14-15H2,1-3H3,(H2,21,22,23). The Morgan fingerprint density at radius 1 is 1.19 bits per heavy atom. The van der Waals surface area contributed by atoms with E-state index in [1.807, 2.05) is 36.4 Å². The van der Waals surface area contributed by atoms with Gasteiger partial charge in [-0.2, -0.15) is 0 Å². The Morgan fingerprint density at radius 2 is 1.93 bits per heavy atom. The Kier molecular flexibility index (Phi) is 6.47. The molecule has 1 aliphatic rings. The summed E-state index contributed by atoms with van der Waals surface area (Å²) in [5, 5.41) is 10.9. The molecule has 0 radical (unpaired) electrons. The summed E-state index contributed by atoms with van der Waals surface area (Å²) in [6.45, 7) is 9.34. The van der Waals surface area contributed by atoms with Crippen LogP contribution in [0, 0.1) is 0 Å². The van der Waals surface area contributed by atoms with Gasteiger partial charge in [-0.3, -0.25) is 9.89 Å². The van der Waals surface area contributed by atoms with E-state index in [-0.39, 0.29) is 5.54 Å². The van der Waals surface area contributed by atoms with E-state index in [4.69, 9.17) is 9.26 Å². The smallest absolute Gasteiger partial charge is 0.191 e. The van der Waals surface area contributed by atoms with Crippen LogP contribution in [0.3, 0.4) is 0 Å². The normalized spacial score (nSPS) is 16.3. The highest BCUT2D eigenvalue weighted by Gasteiger charge is 2.28. The third-order valence-electron chi connectivity index (χ3n) is 4.83. The van der Waals surface area contributed by atoms with E-state index >= 15 is 0 Å². The van der Waals surface area contributed by atoms with Crippen molar-refractivity contribution in [3.05, 3.63) is 42.1 Å². The summed E-state index contributed by atoms with van der Waals surface area (Å²) in [7, 11) is 1.77. The number of aromatic nitrogens is 1. The molecule has 1 aromatic carbocycles. The summed E-state index contributed by atoms with van der Waals surface area (Å²) in [4.78, 5) is 6.75. The fourth-order valence-corrected chi connectivity index (χ4v) is 3.11. The molecule has 2 heterocycles. The number of morpholine rings is 1. The molecule has 0 aliphatic carbocycles. The second-order valence-corrected chi connectivity index (χ2v) is 7.24. The van der Waals surface area contributed by atoms with Gasteiger partial charge in [0.2, 0.25) is 0 Å². The Labute approximate surface area is 160 Å². The summed E-state index contributed by atoms with van der Waals surface area (Å²) in [5.41, 5.74) is 1.88. The average Bonchev–Trinajstić information content (AvgIpc) is 3.18. The van der Waals surface area contributed by atoms with E-state index in [1.165, 1.54) is 0 Å². The molecule has 7 nitrogen and oxygen atoms in total. The van der Waals surface area contributed by atoms with E-state index in [0.717, 1.165) is 55.8 Å². The number of ether oxygens (including phenoxy) is 1. The predicted octanol–water partition coefficient (Wildman–Crippen LogP) is 2.12. The van der Waals surface area contributed by atoms with Crippen molar-refractivity contribution in [3.63, 3.8) is 0 Å². The quantitative estimate of drug-likeness (QED) is 0.598. The van der Waals surface area contributed by atoms with Crippen LogP contribution >= 0.6 is 0 Å². The Balaban J connectivity index is 1.50. The Bertz CT molecular complexity index is 736. The lowest BCUT2D eigenvalue weighted by atomic mass is 10.0. The second kappa shape index (κ2) is 9.01. The summed E-state index contributed by atoms with van der Waals surface area (Å²) in [6.07, 6.45) is 0. The van der Waals surface area contributed by atoms with Crippen LogP contribution < -0.4 is 10.6 Å². The zero-order chi connectivity index (χ0) is 19.1. The van der Waals surface area contributed by atoms with Gasteiger partial charge < -0.3 is 19.9 Å². The Morgan fingerprint density at radius 3 is 2.63 bits per heavy atom. The van der Waals surface area contributed by atoms with Crippen LogP contribution in [0.5, 0.6) is 0 Å². The van der Waals surface area contributed by atoms with Crippen LogP contribution in [0.4, 0.5) is 0 Å². The fourth-order valence-electron chi connectivity index (χ4n) is 3.11. The van der Waals surface area contributed by atoms with Gasteiger partial charge in [0.05, 0.1) is 19.8 Å². The van der Waals surface area contributed by atoms with E-state index in [1.54, 1.807) is 7.05 Å². The van der Waals surface area contributed by atoms with Gasteiger partial charge in [-0.1, -0.05) is 35.5 Å². The summed E-state index contributed by atoms with van der Waals surface area (Å²) >= 11 is 0. The fraction of sp³-hybridized carbons (Fsp3) is 0.500. The molecule has 0 bridgehead atoms. The van der Waals surface area contributed by atoms with Crippen molar-refractivity contribution in [1.29, 1.82) is 0 Å². The zero-order valence-electron chi connectivity index (χ0n) is 16.4. The van der Waals surface area contributed by atoms with Gasteiger partial charge in [-0.15, -0.1) is 0 Å². The predicted molar refractivity (Wildman–Crippen MR) is 107 cm³/mol. The Hall–Kier alpha value is -2.38. The highest BCUT2D eigenvalue weighted by atomic mass is 16.5. The van der Waals surface area contributed by atoms with Crippen LogP contribution in [-0.4, -0.2) is 61.5 Å². The maximum atomic E-state index is 5.45. The number of hydrogen-bond acceptors (Lipinski definition) is 5. The largest absolute Gasteiger partial charge is 0.379 e. The lowest BCUT2D eigenvalue weighted by Gasteiger charge is -2.41. The minimum Gasteiger partial charge on any atom is -0.379 e. The highest BCUT2D eigenvalue weighted by Crippen LogP contribution is 2.19. The lowest BCUT2D eigenvalue weighted by molar-refractivity contribution is -0.00834. The first-order chi connectivity index (χ1) is 13.1. The minimum absolute atomic E-state index is 0.0236. The lowest BCUT2D eigenvalue weighted by Crippen LogP contribution is -2.56. The van der Waals surface area contributed by atoms with Crippen molar-refractivity contribution in [2.24, 2.45) is 4.99 Å². The number of nitrogens with one attached hydrogen (secondary N) is 2. The SMILES string of the molecule is CN=C(NCc1cc(-c2ccccc2)on1)NCC(C)(C)N1CCOCC1. The number of rotatable bonds is 6. The van der Waals surface area contributed by atoms with Crippen molar-refractivity contribution in [3.8, 4) is 11.3 Å². The van der Waals surface area contributed by atoms with Crippen molar-refractivity contribution in [2.45, 2.75) is 25.9 Å². The number of aliphatic imine (C=N–C) groups is 1. The molecule has 2 N–H and O–H groups in total. The molecule has 0 amide bonds. The third kappa shape index (κ3) is 5.30. The van der Waals surface area contributed by atoms with Gasteiger partial charge in [-0.25, -0.2) is 0 Å². The van der Waals surface area contributed by atoms with Crippen molar-refractivity contribution >= 4 is 5.96 Å². The third-order valence-corrected chi connectivity index (χ3v) is 4.83. The number of benzene rings is 1. The summed E-state index contributed by atoms with van der Waals surface area (Å²) in [6, 6.07) is 11.9. The zero-order valence-corrected chi connectivity index (χ0v) is 16.4.